The van der Waals surface area contributed by atoms with E-state index in [-0.39, 0.29) is 11.2 Å². The number of hydrogen-bond acceptors (Lipinski definition) is 5. The predicted molar refractivity (Wildman–Crippen MR) is 158 cm³/mol. The molecule has 4 nitrogen and oxygen atoms in total. The van der Waals surface area contributed by atoms with Crippen LogP contribution < -0.4 is 9.95 Å². The SMILES string of the molecule is CC(C)c1ccc2sc3ccccc3c(=O)c2c1.Cc1cc(C)c(C(=O)c2ccc(OP=O)cc2)c(C)c1. The average Bonchev–Trinajstić information content (AvgIpc) is 2.89. The molecule has 4 aromatic carbocycles. The number of fused-ring (bicyclic) bond motifs is 2. The molecule has 0 N–H and O–H groups in total. The van der Waals surface area contributed by atoms with Gasteiger partial charge in [-0.3, -0.25) is 9.59 Å². The lowest BCUT2D eigenvalue weighted by molar-refractivity contribution is 0.103. The molecule has 0 amide bonds. The Bertz CT molecular complexity index is 1680. The van der Waals surface area contributed by atoms with E-state index in [9.17, 15) is 14.2 Å². The second-order valence-electron chi connectivity index (χ2n) is 9.63. The summed E-state index contributed by atoms with van der Waals surface area (Å²) in [6, 6.07) is 24.7. The van der Waals surface area contributed by atoms with Gasteiger partial charge in [0.2, 0.25) is 0 Å². The van der Waals surface area contributed by atoms with Crippen molar-refractivity contribution in [1.29, 1.82) is 0 Å². The van der Waals surface area contributed by atoms with Gasteiger partial charge in [0.05, 0.1) is 0 Å². The molecule has 6 heteroatoms. The van der Waals surface area contributed by atoms with Crippen molar-refractivity contribution >= 4 is 46.0 Å². The number of rotatable bonds is 5. The fraction of sp³-hybridized carbons (Fsp3) is 0.188. The van der Waals surface area contributed by atoms with Gasteiger partial charge in [0.1, 0.15) is 5.75 Å². The summed E-state index contributed by atoms with van der Waals surface area (Å²) in [6.07, 6.45) is 0. The number of carbonyl (C=O) groups is 1. The molecular weight excluding hydrogens is 511 g/mol. The van der Waals surface area contributed by atoms with Crippen molar-refractivity contribution in [2.45, 2.75) is 40.5 Å². The van der Waals surface area contributed by atoms with Crippen LogP contribution in [0.1, 0.15) is 57.9 Å². The Balaban J connectivity index is 0.000000178. The van der Waals surface area contributed by atoms with Crippen LogP contribution in [0, 0.1) is 20.8 Å². The van der Waals surface area contributed by atoms with Gasteiger partial charge in [0.25, 0.3) is 0 Å². The Kier molecular flexibility index (Phi) is 8.51. The third-order valence-corrected chi connectivity index (χ3v) is 7.87. The van der Waals surface area contributed by atoms with Crippen molar-refractivity contribution in [3.8, 4) is 5.75 Å². The summed E-state index contributed by atoms with van der Waals surface area (Å²) in [6.45, 7) is 10.2. The highest BCUT2D eigenvalue weighted by atomic mass is 32.1. The molecule has 1 heterocycles. The van der Waals surface area contributed by atoms with Crippen LogP contribution in [0.5, 0.6) is 5.75 Å². The molecule has 38 heavy (non-hydrogen) atoms. The Morgan fingerprint density at radius 1 is 0.816 bits per heavy atom. The fourth-order valence-corrected chi connectivity index (χ4v) is 5.83. The minimum Gasteiger partial charge on any atom is -0.408 e. The Morgan fingerprint density at radius 3 is 2.08 bits per heavy atom. The first kappa shape index (κ1) is 27.4. The van der Waals surface area contributed by atoms with Crippen LogP contribution in [0.3, 0.4) is 0 Å². The lowest BCUT2D eigenvalue weighted by atomic mass is 9.93. The number of benzene rings is 4. The van der Waals surface area contributed by atoms with Crippen LogP contribution in [0.25, 0.3) is 20.2 Å². The first-order valence-corrected chi connectivity index (χ1v) is 13.9. The molecule has 0 saturated heterocycles. The molecule has 0 saturated carbocycles. The Hall–Kier alpha value is -3.66. The van der Waals surface area contributed by atoms with Gasteiger partial charge in [-0.2, -0.15) is 0 Å². The lowest BCUT2D eigenvalue weighted by Crippen LogP contribution is -2.06. The molecule has 0 atom stereocenters. The number of hydrogen-bond donors (Lipinski definition) is 0. The van der Waals surface area contributed by atoms with Crippen molar-refractivity contribution in [3.63, 3.8) is 0 Å². The molecule has 0 unspecified atom stereocenters. The molecule has 0 bridgehead atoms. The topological polar surface area (TPSA) is 60.4 Å². The maximum atomic E-state index is 12.6. The Labute approximate surface area is 228 Å². The van der Waals surface area contributed by atoms with Gasteiger partial charge in [0, 0.05) is 31.3 Å². The molecule has 0 aliphatic rings. The van der Waals surface area contributed by atoms with Crippen molar-refractivity contribution in [2.75, 3.05) is 0 Å². The maximum Gasteiger partial charge on any atom is 0.395 e. The van der Waals surface area contributed by atoms with Crippen LogP contribution in [-0.4, -0.2) is 5.78 Å². The molecule has 0 spiro atoms. The summed E-state index contributed by atoms with van der Waals surface area (Å²) in [5.41, 5.74) is 5.82. The van der Waals surface area contributed by atoms with Gasteiger partial charge >= 0.3 is 8.69 Å². The van der Waals surface area contributed by atoms with Gasteiger partial charge < -0.3 is 4.52 Å². The largest absolute Gasteiger partial charge is 0.408 e. The zero-order valence-corrected chi connectivity index (χ0v) is 23.8. The normalized spacial score (nSPS) is 11.0. The molecule has 5 aromatic rings. The van der Waals surface area contributed by atoms with E-state index in [0.717, 1.165) is 42.4 Å². The number of carbonyl (C=O) groups excluding carboxylic acids is 1. The summed E-state index contributed by atoms with van der Waals surface area (Å²) < 4.78 is 17.3. The lowest BCUT2D eigenvalue weighted by Gasteiger charge is -2.10. The molecule has 192 valence electrons. The molecular formula is C32H29O4PS. The smallest absolute Gasteiger partial charge is 0.395 e. The van der Waals surface area contributed by atoms with E-state index in [4.69, 9.17) is 4.52 Å². The second-order valence-corrected chi connectivity index (χ2v) is 11.0. The first-order valence-electron chi connectivity index (χ1n) is 12.4. The van der Waals surface area contributed by atoms with Crippen molar-refractivity contribution < 1.29 is 13.9 Å². The molecule has 0 radical (unpaired) electrons. The van der Waals surface area contributed by atoms with E-state index < -0.39 is 8.69 Å². The summed E-state index contributed by atoms with van der Waals surface area (Å²) in [5, 5.41) is 1.68. The highest BCUT2D eigenvalue weighted by Crippen LogP contribution is 2.27. The molecule has 0 fully saturated rings. The van der Waals surface area contributed by atoms with E-state index in [1.54, 1.807) is 35.6 Å². The van der Waals surface area contributed by atoms with Gasteiger partial charge in [-0.15, -0.1) is 11.3 Å². The zero-order chi connectivity index (χ0) is 27.4. The summed E-state index contributed by atoms with van der Waals surface area (Å²) in [5.74, 6) is 0.909. The van der Waals surface area contributed by atoms with Crippen LogP contribution in [0.15, 0.2) is 83.7 Å². The van der Waals surface area contributed by atoms with Crippen molar-refractivity contribution in [2.24, 2.45) is 0 Å². The van der Waals surface area contributed by atoms with E-state index in [1.165, 1.54) is 5.56 Å². The van der Waals surface area contributed by atoms with E-state index in [2.05, 4.69) is 26.0 Å². The third-order valence-electron chi connectivity index (χ3n) is 6.43. The maximum absolute atomic E-state index is 12.6. The minimum atomic E-state index is -0.402. The first-order chi connectivity index (χ1) is 18.2. The van der Waals surface area contributed by atoms with E-state index >= 15 is 0 Å². The Morgan fingerprint density at radius 2 is 1.45 bits per heavy atom. The van der Waals surface area contributed by atoms with Crippen molar-refractivity contribution in [3.05, 3.63) is 122 Å². The zero-order valence-electron chi connectivity index (χ0n) is 22.1. The monoisotopic (exact) mass is 540 g/mol. The molecule has 5 rings (SSSR count). The van der Waals surface area contributed by atoms with Gasteiger partial charge in [-0.1, -0.05) is 49.7 Å². The standard InChI is InChI=1S/C16H15O3P.C16H14OS/c1-10-8-11(2)15(12(3)9-10)16(17)13-4-6-14(7-5-13)19-20-18;1-10(2)11-7-8-15-13(9-11)16(17)12-5-3-4-6-14(12)18-15/h4-9H,1-3H3;3-10H,1-2H3. The predicted octanol–water partition coefficient (Wildman–Crippen LogP) is 8.97. The molecule has 1 aromatic heterocycles. The summed E-state index contributed by atoms with van der Waals surface area (Å²) >= 11 is 1.69. The van der Waals surface area contributed by atoms with Gasteiger partial charge in [-0.05, 0) is 91.9 Å². The highest BCUT2D eigenvalue weighted by molar-refractivity contribution is 7.24. The van der Waals surface area contributed by atoms with E-state index in [0.29, 0.717) is 17.2 Å². The fourth-order valence-electron chi connectivity index (χ4n) is 4.57. The minimum absolute atomic E-state index is 0.00813. The molecule has 0 aliphatic heterocycles. The van der Waals surface area contributed by atoms with Crippen LogP contribution in [0.4, 0.5) is 0 Å². The van der Waals surface area contributed by atoms with E-state index in [1.807, 2.05) is 63.2 Å². The second kappa shape index (κ2) is 11.8. The molecule has 0 aliphatic carbocycles. The number of ketones is 1. The quantitative estimate of drug-likeness (QED) is 0.127. The van der Waals surface area contributed by atoms with Crippen LogP contribution >= 0.6 is 20.0 Å². The van der Waals surface area contributed by atoms with Gasteiger partial charge in [-0.25, -0.2) is 4.57 Å². The highest BCUT2D eigenvalue weighted by Gasteiger charge is 2.15. The van der Waals surface area contributed by atoms with Crippen LogP contribution in [-0.2, 0) is 4.57 Å². The van der Waals surface area contributed by atoms with Crippen LogP contribution in [0.2, 0.25) is 0 Å². The summed E-state index contributed by atoms with van der Waals surface area (Å²) in [4.78, 5) is 25.0. The average molecular weight is 541 g/mol. The van der Waals surface area contributed by atoms with Crippen molar-refractivity contribution in [1.82, 2.24) is 0 Å². The third kappa shape index (κ3) is 5.91. The van der Waals surface area contributed by atoms with Gasteiger partial charge in [0.15, 0.2) is 11.2 Å². The summed E-state index contributed by atoms with van der Waals surface area (Å²) in [7, 11) is -0.402. The number of aryl methyl sites for hydroxylation is 3.